The van der Waals surface area contributed by atoms with Crippen LogP contribution in [0.2, 0.25) is 5.02 Å². The van der Waals surface area contributed by atoms with E-state index in [4.69, 9.17) is 16.3 Å². The lowest BCUT2D eigenvalue weighted by Crippen LogP contribution is -2.11. The van der Waals surface area contributed by atoms with Gasteiger partial charge in [-0.15, -0.1) is 0 Å². The van der Waals surface area contributed by atoms with Gasteiger partial charge in [0, 0.05) is 16.8 Å². The Morgan fingerprint density at radius 1 is 1.06 bits per heavy atom. The van der Waals surface area contributed by atoms with E-state index in [2.05, 4.69) is 11.0 Å². The molecular formula is C13H9BClNO. The molecule has 2 aromatic carbocycles. The molecule has 0 saturated heterocycles. The number of hydrogen-bond donors (Lipinski definition) is 0. The summed E-state index contributed by atoms with van der Waals surface area (Å²) >= 11 is 5.83. The molecule has 2 aromatic rings. The first-order valence-corrected chi connectivity index (χ1v) is 5.76. The van der Waals surface area contributed by atoms with Crippen molar-refractivity contribution < 1.29 is 4.74 Å². The summed E-state index contributed by atoms with van der Waals surface area (Å²) in [5.41, 5.74) is 2.28. The molecule has 0 aromatic heterocycles. The summed E-state index contributed by atoms with van der Waals surface area (Å²) in [6.07, 6.45) is 1.86. The van der Waals surface area contributed by atoms with E-state index in [1.165, 1.54) is 5.46 Å². The summed E-state index contributed by atoms with van der Waals surface area (Å²) in [7, 11) is 0.743. The van der Waals surface area contributed by atoms with Crippen LogP contribution in [0.15, 0.2) is 47.4 Å². The molecule has 0 unspecified atom stereocenters. The fourth-order valence-electron chi connectivity index (χ4n) is 1.83. The molecule has 0 fully saturated rings. The molecule has 3 rings (SSSR count). The zero-order chi connectivity index (χ0) is 11.7. The van der Waals surface area contributed by atoms with E-state index in [9.17, 15) is 0 Å². The molecule has 4 heteroatoms. The Labute approximate surface area is 105 Å². The van der Waals surface area contributed by atoms with Gasteiger partial charge < -0.3 is 9.64 Å². The van der Waals surface area contributed by atoms with Crippen molar-refractivity contribution in [1.29, 1.82) is 0 Å². The molecule has 82 valence electrons. The summed E-state index contributed by atoms with van der Waals surface area (Å²) in [5.74, 6) is 1.62. The van der Waals surface area contributed by atoms with Gasteiger partial charge >= 0.3 is 0 Å². The average Bonchev–Trinajstić information content (AvgIpc) is 2.81. The third-order valence-electron chi connectivity index (χ3n) is 2.68. The summed E-state index contributed by atoms with van der Waals surface area (Å²) in [6.45, 7) is 0. The van der Waals surface area contributed by atoms with Gasteiger partial charge in [0.1, 0.15) is 11.5 Å². The SMILES string of the molecule is Clc1ccc(Oc2cccc3c2C=NB3)cc1. The van der Waals surface area contributed by atoms with Crippen LogP contribution >= 0.6 is 11.6 Å². The van der Waals surface area contributed by atoms with Crippen LogP contribution in [0, 0.1) is 0 Å². The van der Waals surface area contributed by atoms with Crippen LogP contribution in [0.1, 0.15) is 5.56 Å². The number of fused-ring (bicyclic) bond motifs is 1. The standard InChI is InChI=1S/C13H9BClNO/c15-9-4-6-10(7-5-9)17-13-3-1-2-12-11(13)8-16-14-12/h1-8,14H. The van der Waals surface area contributed by atoms with E-state index in [-0.39, 0.29) is 0 Å². The van der Waals surface area contributed by atoms with Crippen molar-refractivity contribution in [2.75, 3.05) is 0 Å². The van der Waals surface area contributed by atoms with E-state index in [0.717, 1.165) is 24.5 Å². The maximum atomic E-state index is 5.83. The molecule has 1 aliphatic rings. The van der Waals surface area contributed by atoms with Crippen molar-refractivity contribution >= 4 is 30.7 Å². The van der Waals surface area contributed by atoms with Crippen LogP contribution in [0.5, 0.6) is 11.5 Å². The minimum atomic E-state index is 0.706. The summed E-state index contributed by atoms with van der Waals surface area (Å²) in [5, 5.41) is 0.706. The Kier molecular flexibility index (Phi) is 2.61. The second-order valence-electron chi connectivity index (χ2n) is 3.85. The second kappa shape index (κ2) is 4.26. The van der Waals surface area contributed by atoms with Crippen molar-refractivity contribution in [2.24, 2.45) is 4.90 Å². The average molecular weight is 241 g/mol. The lowest BCUT2D eigenvalue weighted by molar-refractivity contribution is 0.482. The number of halogens is 1. The van der Waals surface area contributed by atoms with Gasteiger partial charge in [-0.1, -0.05) is 23.7 Å². The van der Waals surface area contributed by atoms with Crippen LogP contribution in [-0.2, 0) is 0 Å². The highest BCUT2D eigenvalue weighted by Crippen LogP contribution is 2.25. The van der Waals surface area contributed by atoms with Gasteiger partial charge in [-0.3, -0.25) is 0 Å². The highest BCUT2D eigenvalue weighted by Gasteiger charge is 2.13. The molecule has 17 heavy (non-hydrogen) atoms. The summed E-state index contributed by atoms with van der Waals surface area (Å²) in [4.78, 5) is 4.24. The Bertz CT molecular complexity index is 580. The predicted molar refractivity (Wildman–Crippen MR) is 72.3 cm³/mol. The minimum Gasteiger partial charge on any atom is -0.457 e. The zero-order valence-corrected chi connectivity index (χ0v) is 9.82. The van der Waals surface area contributed by atoms with Crippen molar-refractivity contribution in [2.45, 2.75) is 0 Å². The molecule has 0 N–H and O–H groups in total. The second-order valence-corrected chi connectivity index (χ2v) is 4.29. The van der Waals surface area contributed by atoms with Crippen LogP contribution < -0.4 is 10.2 Å². The maximum absolute atomic E-state index is 5.83. The van der Waals surface area contributed by atoms with E-state index >= 15 is 0 Å². The van der Waals surface area contributed by atoms with Gasteiger partial charge in [0.25, 0.3) is 7.41 Å². The number of benzene rings is 2. The summed E-state index contributed by atoms with van der Waals surface area (Å²) in [6, 6.07) is 13.3. The van der Waals surface area contributed by atoms with E-state index < -0.39 is 0 Å². The largest absolute Gasteiger partial charge is 0.457 e. The molecule has 1 aliphatic heterocycles. The van der Waals surface area contributed by atoms with Gasteiger partial charge in [-0.05, 0) is 35.8 Å². The summed E-state index contributed by atoms with van der Waals surface area (Å²) < 4.78 is 5.83. The monoisotopic (exact) mass is 241 g/mol. The molecule has 0 bridgehead atoms. The fraction of sp³-hybridized carbons (Fsp3) is 0. The quantitative estimate of drug-likeness (QED) is 0.741. The van der Waals surface area contributed by atoms with E-state index in [1.54, 1.807) is 0 Å². The number of nitrogens with zero attached hydrogens (tertiary/aromatic N) is 1. The Morgan fingerprint density at radius 2 is 1.88 bits per heavy atom. The van der Waals surface area contributed by atoms with E-state index in [0.29, 0.717) is 5.02 Å². The van der Waals surface area contributed by atoms with Crippen LogP contribution in [0.3, 0.4) is 0 Å². The van der Waals surface area contributed by atoms with Crippen molar-refractivity contribution in [3.05, 3.63) is 53.1 Å². The molecule has 1 heterocycles. The van der Waals surface area contributed by atoms with Crippen molar-refractivity contribution in [3.63, 3.8) is 0 Å². The van der Waals surface area contributed by atoms with Crippen molar-refractivity contribution in [3.8, 4) is 11.5 Å². The molecule has 2 nitrogen and oxygen atoms in total. The van der Waals surface area contributed by atoms with Crippen LogP contribution in [0.25, 0.3) is 0 Å². The number of rotatable bonds is 2. The van der Waals surface area contributed by atoms with Crippen LogP contribution in [-0.4, -0.2) is 13.6 Å². The topological polar surface area (TPSA) is 21.6 Å². The first kappa shape index (κ1) is 10.4. The smallest absolute Gasteiger partial charge is 0.295 e. The normalized spacial score (nSPS) is 12.1. The molecule has 0 amide bonds. The molecule has 0 aliphatic carbocycles. The Morgan fingerprint density at radius 3 is 2.71 bits per heavy atom. The Hall–Kier alpha value is -1.74. The molecule has 0 radical (unpaired) electrons. The zero-order valence-electron chi connectivity index (χ0n) is 9.06. The lowest BCUT2D eigenvalue weighted by atomic mass is 9.84. The highest BCUT2D eigenvalue weighted by molar-refractivity contribution is 6.58. The van der Waals surface area contributed by atoms with Crippen LogP contribution in [0.4, 0.5) is 0 Å². The number of hydrogen-bond acceptors (Lipinski definition) is 2. The Balaban J connectivity index is 1.93. The first-order chi connectivity index (χ1) is 8.33. The lowest BCUT2D eigenvalue weighted by Gasteiger charge is -2.09. The van der Waals surface area contributed by atoms with Gasteiger partial charge in [-0.2, -0.15) is 0 Å². The molecule has 0 atom stereocenters. The molecule has 0 saturated carbocycles. The van der Waals surface area contributed by atoms with E-state index in [1.807, 2.05) is 42.6 Å². The first-order valence-electron chi connectivity index (χ1n) is 5.38. The third-order valence-corrected chi connectivity index (χ3v) is 2.93. The third kappa shape index (κ3) is 2.06. The van der Waals surface area contributed by atoms with Gasteiger partial charge in [0.15, 0.2) is 0 Å². The predicted octanol–water partition coefficient (Wildman–Crippen LogP) is 2.54. The van der Waals surface area contributed by atoms with Gasteiger partial charge in [-0.25, -0.2) is 0 Å². The van der Waals surface area contributed by atoms with Gasteiger partial charge in [0.05, 0.1) is 0 Å². The molecular weight excluding hydrogens is 232 g/mol. The maximum Gasteiger partial charge on any atom is 0.295 e. The number of ether oxygens (including phenoxy) is 1. The molecule has 0 spiro atoms. The fourth-order valence-corrected chi connectivity index (χ4v) is 1.95. The van der Waals surface area contributed by atoms with Gasteiger partial charge in [0.2, 0.25) is 0 Å². The minimum absolute atomic E-state index is 0.706. The highest BCUT2D eigenvalue weighted by atomic mass is 35.5. The van der Waals surface area contributed by atoms with Crippen molar-refractivity contribution in [1.82, 2.24) is 0 Å².